The second kappa shape index (κ2) is 5.25. The number of carbonyl (C=O) groups is 1. The SMILES string of the molecule is Cc1ccc2oc(C(=O)NCCN=[N+]=[N-])cc2c1. The molecule has 0 bridgehead atoms. The molecule has 0 aliphatic rings. The van der Waals surface area contributed by atoms with E-state index in [2.05, 4.69) is 15.3 Å². The van der Waals surface area contributed by atoms with Crippen molar-refractivity contribution in [2.75, 3.05) is 13.1 Å². The number of benzene rings is 1. The molecule has 0 saturated carbocycles. The van der Waals surface area contributed by atoms with Crippen molar-refractivity contribution in [3.63, 3.8) is 0 Å². The van der Waals surface area contributed by atoms with Crippen molar-refractivity contribution in [3.05, 3.63) is 46.0 Å². The minimum Gasteiger partial charge on any atom is -0.451 e. The van der Waals surface area contributed by atoms with Gasteiger partial charge in [-0.1, -0.05) is 16.7 Å². The average molecular weight is 244 g/mol. The average Bonchev–Trinajstić information content (AvgIpc) is 2.77. The van der Waals surface area contributed by atoms with Crippen molar-refractivity contribution in [1.29, 1.82) is 0 Å². The lowest BCUT2D eigenvalue weighted by Gasteiger charge is -1.98. The Morgan fingerprint density at radius 1 is 1.50 bits per heavy atom. The molecule has 1 aromatic carbocycles. The van der Waals surface area contributed by atoms with Crippen LogP contribution in [0.3, 0.4) is 0 Å². The maximum Gasteiger partial charge on any atom is 0.287 e. The summed E-state index contributed by atoms with van der Waals surface area (Å²) in [5.41, 5.74) is 9.89. The molecular weight excluding hydrogens is 232 g/mol. The summed E-state index contributed by atoms with van der Waals surface area (Å²) in [6.45, 7) is 2.49. The number of amides is 1. The summed E-state index contributed by atoms with van der Waals surface area (Å²) in [4.78, 5) is 14.3. The molecule has 1 N–H and O–H groups in total. The highest BCUT2D eigenvalue weighted by atomic mass is 16.3. The van der Waals surface area contributed by atoms with E-state index in [1.165, 1.54) is 0 Å². The van der Waals surface area contributed by atoms with Crippen LogP contribution in [-0.4, -0.2) is 19.0 Å². The first-order chi connectivity index (χ1) is 8.70. The molecule has 1 aromatic heterocycles. The monoisotopic (exact) mass is 244 g/mol. The molecule has 0 spiro atoms. The molecular formula is C12H12N4O2. The topological polar surface area (TPSA) is 91.0 Å². The van der Waals surface area contributed by atoms with Gasteiger partial charge in [0.05, 0.1) is 0 Å². The highest BCUT2D eigenvalue weighted by Crippen LogP contribution is 2.20. The van der Waals surface area contributed by atoms with Crippen molar-refractivity contribution < 1.29 is 9.21 Å². The Bertz CT molecular complexity index is 626. The van der Waals surface area contributed by atoms with Gasteiger partial charge in [-0.25, -0.2) is 0 Å². The first kappa shape index (κ1) is 12.0. The number of carbonyl (C=O) groups excluding carboxylic acids is 1. The van der Waals surface area contributed by atoms with Crippen LogP contribution < -0.4 is 5.32 Å². The number of nitrogens with zero attached hydrogens (tertiary/aromatic N) is 3. The van der Waals surface area contributed by atoms with Crippen LogP contribution >= 0.6 is 0 Å². The lowest BCUT2D eigenvalue weighted by molar-refractivity contribution is 0.0929. The third-order valence-electron chi connectivity index (χ3n) is 2.46. The third kappa shape index (κ3) is 2.61. The van der Waals surface area contributed by atoms with Gasteiger partial charge in [0, 0.05) is 23.4 Å². The van der Waals surface area contributed by atoms with E-state index in [9.17, 15) is 4.79 Å². The fourth-order valence-electron chi connectivity index (χ4n) is 1.63. The highest BCUT2D eigenvalue weighted by Gasteiger charge is 2.11. The van der Waals surface area contributed by atoms with E-state index in [0.29, 0.717) is 12.1 Å². The molecule has 6 heteroatoms. The summed E-state index contributed by atoms with van der Waals surface area (Å²) in [6.07, 6.45) is 0. The number of aryl methyl sites for hydroxylation is 1. The zero-order chi connectivity index (χ0) is 13.0. The fourth-order valence-corrected chi connectivity index (χ4v) is 1.63. The first-order valence-electron chi connectivity index (χ1n) is 5.50. The lowest BCUT2D eigenvalue weighted by atomic mass is 10.2. The van der Waals surface area contributed by atoms with Crippen molar-refractivity contribution in [3.8, 4) is 0 Å². The highest BCUT2D eigenvalue weighted by molar-refractivity contribution is 5.96. The van der Waals surface area contributed by atoms with Crippen LogP contribution in [0.2, 0.25) is 0 Å². The number of hydrogen-bond acceptors (Lipinski definition) is 3. The van der Waals surface area contributed by atoms with Gasteiger partial charge < -0.3 is 9.73 Å². The van der Waals surface area contributed by atoms with Crippen LogP contribution in [-0.2, 0) is 0 Å². The zero-order valence-electron chi connectivity index (χ0n) is 9.88. The second-order valence-electron chi connectivity index (χ2n) is 3.86. The molecule has 6 nitrogen and oxygen atoms in total. The van der Waals surface area contributed by atoms with Gasteiger partial charge in [-0.15, -0.1) is 0 Å². The molecule has 0 aliphatic carbocycles. The zero-order valence-corrected chi connectivity index (χ0v) is 9.88. The molecule has 92 valence electrons. The second-order valence-corrected chi connectivity index (χ2v) is 3.86. The van der Waals surface area contributed by atoms with Gasteiger partial charge in [0.1, 0.15) is 5.58 Å². The van der Waals surface area contributed by atoms with Crippen molar-refractivity contribution >= 4 is 16.9 Å². The number of rotatable bonds is 4. The predicted molar refractivity (Wildman–Crippen MR) is 67.3 cm³/mol. The summed E-state index contributed by atoms with van der Waals surface area (Å²) in [6, 6.07) is 7.41. The third-order valence-corrected chi connectivity index (χ3v) is 2.46. The van der Waals surface area contributed by atoms with Crippen molar-refractivity contribution in [1.82, 2.24) is 5.32 Å². The normalized spacial score (nSPS) is 10.1. The van der Waals surface area contributed by atoms with Crippen LogP contribution in [0.1, 0.15) is 16.1 Å². The van der Waals surface area contributed by atoms with Gasteiger partial charge in [0.2, 0.25) is 0 Å². The minimum atomic E-state index is -0.308. The molecule has 0 aliphatic heterocycles. The van der Waals surface area contributed by atoms with E-state index < -0.39 is 0 Å². The van der Waals surface area contributed by atoms with Gasteiger partial charge in [-0.05, 0) is 30.7 Å². The van der Waals surface area contributed by atoms with E-state index in [-0.39, 0.29) is 18.2 Å². The summed E-state index contributed by atoms with van der Waals surface area (Å²) in [5.74, 6) is -0.0477. The summed E-state index contributed by atoms with van der Waals surface area (Å²) < 4.78 is 5.43. The standard InChI is InChI=1S/C12H12N4O2/c1-8-2-3-10-9(6-8)7-11(18-10)12(17)14-4-5-15-16-13/h2-3,6-7H,4-5H2,1H3,(H,14,17). The minimum absolute atomic E-state index is 0.224. The Morgan fingerprint density at radius 2 is 2.33 bits per heavy atom. The number of hydrogen-bond donors (Lipinski definition) is 1. The smallest absolute Gasteiger partial charge is 0.287 e. The first-order valence-corrected chi connectivity index (χ1v) is 5.50. The molecule has 0 unspecified atom stereocenters. The number of azide groups is 1. The Labute approximate surface area is 103 Å². The number of furan rings is 1. The Kier molecular flexibility index (Phi) is 3.50. The van der Waals surface area contributed by atoms with Gasteiger partial charge >= 0.3 is 0 Å². The van der Waals surface area contributed by atoms with Crippen LogP contribution in [0.5, 0.6) is 0 Å². The largest absolute Gasteiger partial charge is 0.451 e. The van der Waals surface area contributed by atoms with E-state index >= 15 is 0 Å². The number of fused-ring (bicyclic) bond motifs is 1. The van der Waals surface area contributed by atoms with E-state index in [1.54, 1.807) is 6.07 Å². The van der Waals surface area contributed by atoms with Gasteiger partial charge in [0.25, 0.3) is 5.91 Å². The van der Waals surface area contributed by atoms with Crippen molar-refractivity contribution in [2.24, 2.45) is 5.11 Å². The molecule has 0 fully saturated rings. The Balaban J connectivity index is 2.10. The fraction of sp³-hybridized carbons (Fsp3) is 0.250. The molecule has 1 heterocycles. The van der Waals surface area contributed by atoms with Crippen molar-refractivity contribution in [2.45, 2.75) is 6.92 Å². The summed E-state index contributed by atoms with van der Waals surface area (Å²) in [7, 11) is 0. The Morgan fingerprint density at radius 3 is 3.11 bits per heavy atom. The van der Waals surface area contributed by atoms with Crippen LogP contribution in [0.25, 0.3) is 21.4 Å². The van der Waals surface area contributed by atoms with Gasteiger partial charge in [-0.2, -0.15) is 0 Å². The molecule has 0 saturated heterocycles. The van der Waals surface area contributed by atoms with Gasteiger partial charge in [0.15, 0.2) is 5.76 Å². The molecule has 2 aromatic rings. The molecule has 18 heavy (non-hydrogen) atoms. The maximum atomic E-state index is 11.7. The van der Waals surface area contributed by atoms with E-state index in [4.69, 9.17) is 9.95 Å². The molecule has 2 rings (SSSR count). The van der Waals surface area contributed by atoms with Crippen LogP contribution in [0, 0.1) is 6.92 Å². The lowest BCUT2D eigenvalue weighted by Crippen LogP contribution is -2.25. The predicted octanol–water partition coefficient (Wildman–Crippen LogP) is 2.78. The molecule has 0 radical (unpaired) electrons. The van der Waals surface area contributed by atoms with Crippen LogP contribution in [0.4, 0.5) is 0 Å². The summed E-state index contributed by atoms with van der Waals surface area (Å²) >= 11 is 0. The molecule has 1 amide bonds. The summed E-state index contributed by atoms with van der Waals surface area (Å²) in [5, 5.41) is 6.84. The quantitative estimate of drug-likeness (QED) is 0.387. The van der Waals surface area contributed by atoms with Gasteiger partial charge in [-0.3, -0.25) is 4.79 Å². The number of nitrogens with one attached hydrogen (secondary N) is 1. The maximum absolute atomic E-state index is 11.7. The van der Waals surface area contributed by atoms with E-state index in [0.717, 1.165) is 10.9 Å². The van der Waals surface area contributed by atoms with E-state index in [1.807, 2.05) is 25.1 Å². The molecule has 0 atom stereocenters. The van der Waals surface area contributed by atoms with Crippen LogP contribution in [0.15, 0.2) is 33.8 Å². The Hall–Kier alpha value is -2.46.